The molecule has 0 spiro atoms. The fourth-order valence-corrected chi connectivity index (χ4v) is 7.97. The summed E-state index contributed by atoms with van der Waals surface area (Å²) in [5.74, 6) is -0.156. The Hall–Kier alpha value is -3.60. The van der Waals surface area contributed by atoms with E-state index in [-0.39, 0.29) is 35.3 Å². The molecule has 3 aromatic rings. The van der Waals surface area contributed by atoms with Crippen LogP contribution in [0.3, 0.4) is 0 Å². The number of carbonyl (C=O) groups excluding carboxylic acids is 1. The molecule has 240 valence electrons. The summed E-state index contributed by atoms with van der Waals surface area (Å²) in [6.07, 6.45) is 6.27. The van der Waals surface area contributed by atoms with Gasteiger partial charge in [-0.05, 0) is 93.2 Å². The van der Waals surface area contributed by atoms with Gasteiger partial charge in [-0.3, -0.25) is 9.69 Å². The van der Waals surface area contributed by atoms with Crippen molar-refractivity contribution in [2.75, 3.05) is 50.0 Å². The number of carbonyl (C=O) groups is 1. The molecule has 3 atom stereocenters. The van der Waals surface area contributed by atoms with Crippen LogP contribution in [0, 0.1) is 17.6 Å². The number of hydrogen-bond acceptors (Lipinski definition) is 7. The van der Waals surface area contributed by atoms with E-state index in [1.807, 2.05) is 6.07 Å². The van der Waals surface area contributed by atoms with Crippen LogP contribution in [0.15, 0.2) is 24.3 Å². The van der Waals surface area contributed by atoms with Gasteiger partial charge in [-0.25, -0.2) is 13.2 Å². The average Bonchev–Trinajstić information content (AvgIpc) is 3.55. The van der Waals surface area contributed by atoms with Gasteiger partial charge in [-0.15, -0.1) is 0 Å². The molecule has 2 aromatic carbocycles. The van der Waals surface area contributed by atoms with Gasteiger partial charge >= 0.3 is 6.01 Å². The van der Waals surface area contributed by atoms with Gasteiger partial charge in [0.05, 0.1) is 11.2 Å². The van der Waals surface area contributed by atoms with Crippen molar-refractivity contribution in [2.45, 2.75) is 75.9 Å². The fourth-order valence-electron chi connectivity index (χ4n) is 7.97. The van der Waals surface area contributed by atoms with Gasteiger partial charge in [0.15, 0.2) is 5.82 Å². The van der Waals surface area contributed by atoms with Gasteiger partial charge in [0.25, 0.3) is 0 Å². The molecule has 1 aromatic heterocycles. The van der Waals surface area contributed by atoms with Crippen molar-refractivity contribution in [3.05, 3.63) is 41.5 Å². The van der Waals surface area contributed by atoms with E-state index in [1.54, 1.807) is 6.07 Å². The van der Waals surface area contributed by atoms with Crippen molar-refractivity contribution < 1.29 is 22.7 Å². The number of ether oxygens (including phenoxy) is 1. The molecule has 8 rings (SSSR count). The van der Waals surface area contributed by atoms with Crippen molar-refractivity contribution in [2.24, 2.45) is 5.92 Å². The SMILES string of the molecule is Nc1cc2c(cc1F)CCCCC(=O)NCCC1CCCN(C1)c1nc(OCC34CCCN3CC(F)C4)nc3c(F)c-2ccc13. The van der Waals surface area contributed by atoms with Crippen LogP contribution in [0.1, 0.15) is 63.4 Å². The average molecular weight is 623 g/mol. The number of nitrogens with zero attached hydrogens (tertiary/aromatic N) is 4. The number of nitrogens with one attached hydrogen (secondary N) is 1. The number of aryl methyl sites for hydroxylation is 1. The molecule has 6 bridgehead atoms. The van der Waals surface area contributed by atoms with Crippen LogP contribution in [-0.4, -0.2) is 71.8 Å². The zero-order valence-corrected chi connectivity index (χ0v) is 25.6. The molecule has 3 N–H and O–H groups in total. The third-order valence-corrected chi connectivity index (χ3v) is 10.3. The van der Waals surface area contributed by atoms with Gasteiger partial charge in [-0.2, -0.15) is 9.97 Å². The Morgan fingerprint density at radius 3 is 2.78 bits per heavy atom. The van der Waals surface area contributed by atoms with E-state index in [2.05, 4.69) is 20.1 Å². The molecule has 3 unspecified atom stereocenters. The predicted molar refractivity (Wildman–Crippen MR) is 168 cm³/mol. The Labute approximate surface area is 261 Å². The second kappa shape index (κ2) is 12.3. The molecular formula is C34H41F3N6O2. The Bertz CT molecular complexity index is 1600. The minimum atomic E-state index is -0.894. The molecule has 0 radical (unpaired) electrons. The highest BCUT2D eigenvalue weighted by Gasteiger charge is 2.49. The third-order valence-electron chi connectivity index (χ3n) is 10.3. The summed E-state index contributed by atoms with van der Waals surface area (Å²) >= 11 is 0. The summed E-state index contributed by atoms with van der Waals surface area (Å²) in [5.41, 5.74) is 7.04. The summed E-state index contributed by atoms with van der Waals surface area (Å²) in [7, 11) is 0. The lowest BCUT2D eigenvalue weighted by Gasteiger charge is -2.34. The minimum Gasteiger partial charge on any atom is -0.461 e. The molecule has 5 aliphatic rings. The molecule has 11 heteroatoms. The van der Waals surface area contributed by atoms with E-state index in [0.29, 0.717) is 80.0 Å². The standard InChI is InChI=1S/C34H41F3N6O2/c35-23-17-34(11-4-14-43(34)19-23)20-45-33-40-31-25-9-8-24(30(31)37)26-16-28(38)27(36)15-22(26)6-1-2-7-29(44)39-12-10-21-5-3-13-42(18-21)32(25)41-33/h8-9,15-16,21,23H,1-7,10-14,17-20,38H2,(H,39,44). The van der Waals surface area contributed by atoms with Crippen molar-refractivity contribution >= 4 is 28.3 Å². The number of amides is 1. The number of benzene rings is 2. The van der Waals surface area contributed by atoms with E-state index < -0.39 is 23.3 Å². The van der Waals surface area contributed by atoms with Crippen LogP contribution in [-0.2, 0) is 11.2 Å². The zero-order valence-electron chi connectivity index (χ0n) is 25.6. The summed E-state index contributed by atoms with van der Waals surface area (Å²) in [6.45, 7) is 3.53. The number of nitrogen functional groups attached to an aromatic ring is 1. The first kappa shape index (κ1) is 30.1. The zero-order chi connectivity index (χ0) is 31.1. The monoisotopic (exact) mass is 622 g/mol. The highest BCUT2D eigenvalue weighted by Crippen LogP contribution is 2.41. The largest absolute Gasteiger partial charge is 0.461 e. The van der Waals surface area contributed by atoms with Crippen LogP contribution < -0.4 is 20.7 Å². The summed E-state index contributed by atoms with van der Waals surface area (Å²) in [4.78, 5) is 26.3. The van der Waals surface area contributed by atoms with E-state index >= 15 is 4.39 Å². The third kappa shape index (κ3) is 5.91. The van der Waals surface area contributed by atoms with E-state index in [4.69, 9.17) is 15.5 Å². The van der Waals surface area contributed by atoms with Crippen molar-refractivity contribution in [3.63, 3.8) is 0 Å². The number of anilines is 2. The lowest BCUT2D eigenvalue weighted by molar-refractivity contribution is -0.121. The Kier molecular flexibility index (Phi) is 8.22. The number of aromatic nitrogens is 2. The Morgan fingerprint density at radius 2 is 1.89 bits per heavy atom. The second-order valence-corrected chi connectivity index (χ2v) is 13.3. The quantitative estimate of drug-likeness (QED) is 0.369. The highest BCUT2D eigenvalue weighted by molar-refractivity contribution is 5.94. The summed E-state index contributed by atoms with van der Waals surface area (Å²) < 4.78 is 52.1. The number of fused-ring (bicyclic) bond motifs is 9. The molecule has 8 nitrogen and oxygen atoms in total. The van der Waals surface area contributed by atoms with Crippen molar-refractivity contribution in [1.82, 2.24) is 20.2 Å². The number of piperidine rings is 1. The topological polar surface area (TPSA) is 96.6 Å². The maximum absolute atomic E-state index is 16.7. The molecule has 45 heavy (non-hydrogen) atoms. The number of halogens is 3. The molecule has 0 saturated carbocycles. The lowest BCUT2D eigenvalue weighted by Crippen LogP contribution is -2.43. The fraction of sp³-hybridized carbons (Fsp3) is 0.559. The lowest BCUT2D eigenvalue weighted by atomic mass is 9.92. The van der Waals surface area contributed by atoms with E-state index in [1.165, 1.54) is 12.1 Å². The highest BCUT2D eigenvalue weighted by atomic mass is 19.1. The normalized spacial score (nSPS) is 26.0. The Morgan fingerprint density at radius 1 is 1.02 bits per heavy atom. The first-order chi connectivity index (χ1) is 21.8. The molecular weight excluding hydrogens is 581 g/mol. The predicted octanol–water partition coefficient (Wildman–Crippen LogP) is 5.56. The van der Waals surface area contributed by atoms with Gasteiger partial charge in [-0.1, -0.05) is 6.07 Å². The maximum atomic E-state index is 16.7. The van der Waals surface area contributed by atoms with Crippen molar-refractivity contribution in [3.8, 4) is 17.1 Å². The first-order valence-electron chi connectivity index (χ1n) is 16.4. The molecule has 1 amide bonds. The second-order valence-electron chi connectivity index (χ2n) is 13.3. The van der Waals surface area contributed by atoms with Crippen LogP contribution in [0.4, 0.5) is 24.7 Å². The smallest absolute Gasteiger partial charge is 0.319 e. The number of alkyl halides is 1. The number of rotatable bonds is 3. The van der Waals surface area contributed by atoms with Crippen LogP contribution in [0.25, 0.3) is 22.0 Å². The van der Waals surface area contributed by atoms with Crippen LogP contribution in [0.5, 0.6) is 6.01 Å². The minimum absolute atomic E-state index is 0.00864. The van der Waals surface area contributed by atoms with Crippen molar-refractivity contribution in [1.29, 1.82) is 0 Å². The summed E-state index contributed by atoms with van der Waals surface area (Å²) in [6, 6.07) is 6.46. The van der Waals surface area contributed by atoms with E-state index in [0.717, 1.165) is 45.2 Å². The maximum Gasteiger partial charge on any atom is 0.319 e. The van der Waals surface area contributed by atoms with Gasteiger partial charge < -0.3 is 20.7 Å². The summed E-state index contributed by atoms with van der Waals surface area (Å²) in [5, 5.41) is 3.63. The molecule has 0 aliphatic carbocycles. The molecule has 6 heterocycles. The molecule has 3 fully saturated rings. The Balaban J connectivity index is 1.33. The molecule has 5 aliphatic heterocycles. The van der Waals surface area contributed by atoms with E-state index in [9.17, 15) is 13.6 Å². The van der Waals surface area contributed by atoms with Crippen LogP contribution in [0.2, 0.25) is 0 Å². The van der Waals surface area contributed by atoms with Crippen LogP contribution >= 0.6 is 0 Å². The molecule has 3 saturated heterocycles. The number of hydrogen-bond donors (Lipinski definition) is 2. The van der Waals surface area contributed by atoms with Gasteiger partial charge in [0.2, 0.25) is 5.91 Å². The van der Waals surface area contributed by atoms with Gasteiger partial charge in [0, 0.05) is 50.0 Å². The van der Waals surface area contributed by atoms with Gasteiger partial charge in [0.1, 0.15) is 29.9 Å². The number of nitrogens with two attached hydrogens (primary N) is 1. The first-order valence-corrected chi connectivity index (χ1v) is 16.4.